The van der Waals surface area contributed by atoms with E-state index in [-0.39, 0.29) is 5.75 Å². The third-order valence-electron chi connectivity index (χ3n) is 5.99. The fraction of sp³-hybridized carbons (Fsp3) is 0.222. The third kappa shape index (κ3) is 5.94. The van der Waals surface area contributed by atoms with Gasteiger partial charge >= 0.3 is 0 Å². The molecule has 2 aromatic carbocycles. The Kier molecular flexibility index (Phi) is 7.26. The number of aromatic nitrogens is 3. The summed E-state index contributed by atoms with van der Waals surface area (Å²) in [5.74, 6) is 5.16. The molecule has 0 atom stereocenters. The number of fused-ring (bicyclic) bond motifs is 1. The fourth-order valence-electron chi connectivity index (χ4n) is 4.22. The zero-order valence-electron chi connectivity index (χ0n) is 20.7. The molecule has 38 heavy (non-hydrogen) atoms. The predicted molar refractivity (Wildman–Crippen MR) is 147 cm³/mol. The quantitative estimate of drug-likeness (QED) is 0.313. The van der Waals surface area contributed by atoms with Crippen LogP contribution in [0.2, 0.25) is 0 Å². The molecule has 0 unspecified atom stereocenters. The van der Waals surface area contributed by atoms with Gasteiger partial charge in [0, 0.05) is 30.2 Å². The molecule has 10 nitrogen and oxygen atoms in total. The zero-order valence-corrected chi connectivity index (χ0v) is 21.5. The van der Waals surface area contributed by atoms with Gasteiger partial charge in [0.05, 0.1) is 24.4 Å². The monoisotopic (exact) mass is 530 g/mol. The first-order chi connectivity index (χ1) is 18.4. The van der Waals surface area contributed by atoms with Gasteiger partial charge in [-0.1, -0.05) is 30.2 Å². The van der Waals surface area contributed by atoms with Gasteiger partial charge in [-0.2, -0.15) is 0 Å². The molecule has 4 aromatic rings. The van der Waals surface area contributed by atoms with Crippen molar-refractivity contribution >= 4 is 44.2 Å². The molecule has 3 N–H and O–H groups in total. The van der Waals surface area contributed by atoms with Crippen molar-refractivity contribution in [1.82, 2.24) is 15.0 Å². The highest BCUT2D eigenvalue weighted by Crippen LogP contribution is 2.30. The minimum absolute atomic E-state index is 0.206. The number of carbonyl (C=O) groups excluding carboxylic acids is 1. The molecule has 1 aliphatic heterocycles. The molecule has 0 saturated carbocycles. The van der Waals surface area contributed by atoms with Crippen LogP contribution in [0.3, 0.4) is 0 Å². The Morgan fingerprint density at radius 2 is 1.76 bits per heavy atom. The molecule has 2 aromatic heterocycles. The number of amides is 1. The van der Waals surface area contributed by atoms with E-state index in [0.717, 1.165) is 41.2 Å². The summed E-state index contributed by atoms with van der Waals surface area (Å²) in [6.45, 7) is 4.46. The topological polar surface area (TPSA) is 129 Å². The number of H-pyrrole nitrogens is 1. The molecule has 0 bridgehead atoms. The van der Waals surface area contributed by atoms with Crippen molar-refractivity contribution in [2.75, 3.05) is 41.2 Å². The lowest BCUT2D eigenvalue weighted by Gasteiger charge is -2.27. The van der Waals surface area contributed by atoms with E-state index in [2.05, 4.69) is 41.7 Å². The highest BCUT2D eigenvalue weighted by Gasteiger charge is 2.18. The van der Waals surface area contributed by atoms with E-state index in [4.69, 9.17) is 4.74 Å². The highest BCUT2D eigenvalue weighted by molar-refractivity contribution is 7.91. The van der Waals surface area contributed by atoms with Crippen molar-refractivity contribution in [3.63, 3.8) is 0 Å². The minimum Gasteiger partial charge on any atom is -0.378 e. The van der Waals surface area contributed by atoms with E-state index in [1.165, 1.54) is 0 Å². The number of aromatic amines is 1. The molecule has 1 aliphatic rings. The second kappa shape index (κ2) is 10.9. The molecule has 0 spiro atoms. The van der Waals surface area contributed by atoms with Crippen LogP contribution in [0.25, 0.3) is 22.3 Å². The number of benzene rings is 2. The van der Waals surface area contributed by atoms with Gasteiger partial charge in [0.25, 0.3) is 5.91 Å². The number of sulfonamides is 1. The predicted octanol–water partition coefficient (Wildman–Crippen LogP) is 3.37. The Bertz CT molecular complexity index is 1610. The Balaban J connectivity index is 1.26. The number of carbonyl (C=O) groups is 1. The Hall–Kier alpha value is -4.40. The molecule has 1 fully saturated rings. The second-order valence-electron chi connectivity index (χ2n) is 8.71. The molecule has 0 radical (unpaired) electrons. The van der Waals surface area contributed by atoms with Gasteiger partial charge in [-0.3, -0.25) is 9.52 Å². The Morgan fingerprint density at radius 3 is 2.47 bits per heavy atom. The number of nitrogens with one attached hydrogen (secondary N) is 3. The van der Waals surface area contributed by atoms with Crippen molar-refractivity contribution in [3.8, 4) is 23.1 Å². The Labute approximate surface area is 220 Å². The van der Waals surface area contributed by atoms with Crippen molar-refractivity contribution in [3.05, 3.63) is 66.5 Å². The van der Waals surface area contributed by atoms with Crippen LogP contribution in [0.15, 0.2) is 60.9 Å². The van der Waals surface area contributed by atoms with Gasteiger partial charge in [-0.05, 0) is 54.3 Å². The zero-order chi connectivity index (χ0) is 26.5. The molecule has 194 valence electrons. The average Bonchev–Trinajstić information content (AvgIpc) is 3.35. The second-order valence-corrected chi connectivity index (χ2v) is 10.4. The molecule has 3 heterocycles. The maximum atomic E-state index is 12.7. The van der Waals surface area contributed by atoms with Crippen LogP contribution in [0.1, 0.15) is 12.5 Å². The van der Waals surface area contributed by atoms with Crippen LogP contribution in [0.5, 0.6) is 0 Å². The largest absolute Gasteiger partial charge is 0.378 e. The number of hydrogen-bond donors (Lipinski definition) is 3. The molecular formula is C27H26N6O4S. The van der Waals surface area contributed by atoms with Crippen molar-refractivity contribution in [1.29, 1.82) is 0 Å². The van der Waals surface area contributed by atoms with Crippen LogP contribution >= 0.6 is 0 Å². The van der Waals surface area contributed by atoms with Gasteiger partial charge in [0.15, 0.2) is 0 Å². The van der Waals surface area contributed by atoms with Gasteiger partial charge < -0.3 is 19.9 Å². The number of morpholine rings is 1. The van der Waals surface area contributed by atoms with E-state index in [1.807, 2.05) is 18.2 Å². The smallest absolute Gasteiger partial charge is 0.300 e. The first-order valence-corrected chi connectivity index (χ1v) is 13.7. The maximum absolute atomic E-state index is 12.7. The molecule has 0 aliphatic carbocycles. The molecule has 1 saturated heterocycles. The average molecular weight is 531 g/mol. The minimum atomic E-state index is -3.65. The molecule has 5 rings (SSSR count). The van der Waals surface area contributed by atoms with Gasteiger partial charge in [-0.15, -0.1) is 0 Å². The van der Waals surface area contributed by atoms with Crippen LogP contribution in [-0.2, 0) is 25.3 Å². The van der Waals surface area contributed by atoms with Crippen molar-refractivity contribution in [2.24, 2.45) is 0 Å². The lowest BCUT2D eigenvalue weighted by Crippen LogP contribution is -2.36. The summed E-state index contributed by atoms with van der Waals surface area (Å²) >= 11 is 0. The summed E-state index contributed by atoms with van der Waals surface area (Å²) in [5.41, 5.74) is 4.09. The van der Waals surface area contributed by atoms with Gasteiger partial charge in [0.1, 0.15) is 17.8 Å². The maximum Gasteiger partial charge on any atom is 0.300 e. The fourth-order valence-corrected chi connectivity index (χ4v) is 5.42. The number of rotatable bonds is 7. The highest BCUT2D eigenvalue weighted by atomic mass is 32.2. The van der Waals surface area contributed by atoms with E-state index in [1.54, 1.807) is 49.6 Å². The van der Waals surface area contributed by atoms with E-state index in [0.29, 0.717) is 30.2 Å². The normalized spacial score (nSPS) is 13.6. The summed E-state index contributed by atoms with van der Waals surface area (Å²) in [5, 5.41) is 3.55. The van der Waals surface area contributed by atoms with E-state index < -0.39 is 15.9 Å². The first kappa shape index (κ1) is 25.3. The number of ether oxygens (including phenoxy) is 1. The van der Waals surface area contributed by atoms with Crippen LogP contribution in [0.4, 0.5) is 17.2 Å². The van der Waals surface area contributed by atoms with Gasteiger partial charge in [0.2, 0.25) is 10.0 Å². The first-order valence-electron chi connectivity index (χ1n) is 12.0. The lowest BCUT2D eigenvalue weighted by atomic mass is 10.1. The van der Waals surface area contributed by atoms with Gasteiger partial charge in [-0.25, -0.2) is 18.4 Å². The summed E-state index contributed by atoms with van der Waals surface area (Å²) in [6.07, 6.45) is 1.55. The molecule has 11 heteroatoms. The van der Waals surface area contributed by atoms with Crippen LogP contribution in [0, 0.1) is 11.8 Å². The number of anilines is 3. The number of hydrogen-bond acceptors (Lipinski definition) is 7. The molecule has 1 amide bonds. The lowest BCUT2D eigenvalue weighted by molar-refractivity contribution is -0.111. The van der Waals surface area contributed by atoms with Crippen LogP contribution < -0.4 is 14.9 Å². The summed E-state index contributed by atoms with van der Waals surface area (Å²) < 4.78 is 33.6. The van der Waals surface area contributed by atoms with E-state index in [9.17, 15) is 13.2 Å². The third-order valence-corrected chi connectivity index (χ3v) is 7.25. The standard InChI is InChI=1S/C27H26N6O4S/c1-2-3-25(34)30-21-8-4-19(5-9-21)17-38(35,36)32-22-10-6-20(7-11-22)24-16-23-26(31-24)28-18-29-27(23)33-12-14-37-15-13-33/h4-11,16,18,32H,12-15,17H2,1H3,(H,30,34)(H,28,29,31). The summed E-state index contributed by atoms with van der Waals surface area (Å²) in [6, 6.07) is 15.7. The SMILES string of the molecule is CC#CC(=O)Nc1ccc(CS(=O)(=O)Nc2ccc(-c3cc4c(N5CCOCC5)ncnc4[nH]3)cc2)cc1. The van der Waals surface area contributed by atoms with Crippen molar-refractivity contribution < 1.29 is 17.9 Å². The molecular weight excluding hydrogens is 504 g/mol. The summed E-state index contributed by atoms with van der Waals surface area (Å²) in [4.78, 5) is 26.0. The number of nitrogens with zero attached hydrogens (tertiary/aromatic N) is 3. The Morgan fingerprint density at radius 1 is 1.05 bits per heavy atom. The van der Waals surface area contributed by atoms with E-state index >= 15 is 0 Å². The summed E-state index contributed by atoms with van der Waals surface area (Å²) in [7, 11) is -3.65. The van der Waals surface area contributed by atoms with Crippen molar-refractivity contribution in [2.45, 2.75) is 12.7 Å². The van der Waals surface area contributed by atoms with Crippen LogP contribution in [-0.4, -0.2) is 55.6 Å².